The molecule has 0 atom stereocenters. The van der Waals surface area contributed by atoms with Crippen molar-refractivity contribution in [2.45, 2.75) is 6.92 Å². The zero-order valence-corrected chi connectivity index (χ0v) is 8.73. The van der Waals surface area contributed by atoms with Gasteiger partial charge in [0.25, 0.3) is 0 Å². The number of benzene rings is 1. The first-order chi connectivity index (χ1) is 7.72. The molecule has 0 amide bonds. The molecule has 0 aliphatic carbocycles. The molecule has 0 bridgehead atoms. The third kappa shape index (κ3) is 1.82. The Kier molecular flexibility index (Phi) is 2.72. The first-order valence-corrected chi connectivity index (χ1v) is 4.92. The molecule has 0 saturated carbocycles. The highest BCUT2D eigenvalue weighted by atomic mass is 16.5. The van der Waals surface area contributed by atoms with Gasteiger partial charge in [-0.05, 0) is 25.1 Å². The third-order valence-electron chi connectivity index (χ3n) is 2.16. The summed E-state index contributed by atoms with van der Waals surface area (Å²) in [6.45, 7) is 2.05. The van der Waals surface area contributed by atoms with Crippen LogP contribution in [0.15, 0.2) is 39.5 Å². The zero-order chi connectivity index (χ0) is 11.5. The Balaban J connectivity index is 2.62. The smallest absolute Gasteiger partial charge is 0.338 e. The minimum absolute atomic E-state index is 0.312. The van der Waals surface area contributed by atoms with E-state index in [4.69, 9.17) is 9.15 Å². The summed E-state index contributed by atoms with van der Waals surface area (Å²) >= 11 is 0. The maximum Gasteiger partial charge on any atom is 0.338 e. The van der Waals surface area contributed by atoms with Gasteiger partial charge in [0, 0.05) is 11.5 Å². The Bertz CT molecular complexity index is 583. The molecule has 1 heterocycles. The predicted molar refractivity (Wildman–Crippen MR) is 58.4 cm³/mol. The molecule has 82 valence electrons. The molecule has 16 heavy (non-hydrogen) atoms. The first kappa shape index (κ1) is 10.4. The number of carbonyl (C=O) groups is 1. The van der Waals surface area contributed by atoms with Crippen molar-refractivity contribution in [3.05, 3.63) is 46.3 Å². The molecule has 0 saturated heterocycles. The number of ether oxygens (including phenoxy) is 1. The SMILES string of the molecule is CCOC(=O)c1cccc2oc(=O)ccc12. The van der Waals surface area contributed by atoms with Crippen LogP contribution in [0.4, 0.5) is 0 Å². The molecule has 0 N–H and O–H groups in total. The lowest BCUT2D eigenvalue weighted by Gasteiger charge is -2.04. The van der Waals surface area contributed by atoms with Gasteiger partial charge in [0.2, 0.25) is 0 Å². The van der Waals surface area contributed by atoms with Crippen molar-refractivity contribution in [1.82, 2.24) is 0 Å². The maximum atomic E-state index is 11.6. The van der Waals surface area contributed by atoms with E-state index in [1.54, 1.807) is 31.2 Å². The fraction of sp³-hybridized carbons (Fsp3) is 0.167. The van der Waals surface area contributed by atoms with Crippen molar-refractivity contribution in [1.29, 1.82) is 0 Å². The summed E-state index contributed by atoms with van der Waals surface area (Å²) in [6.07, 6.45) is 0. The van der Waals surface area contributed by atoms with Crippen molar-refractivity contribution in [2.24, 2.45) is 0 Å². The molecular formula is C12H10O4. The van der Waals surface area contributed by atoms with Gasteiger partial charge in [0.1, 0.15) is 5.58 Å². The minimum Gasteiger partial charge on any atom is -0.462 e. The highest BCUT2D eigenvalue weighted by molar-refractivity contribution is 6.02. The second-order valence-electron chi connectivity index (χ2n) is 3.19. The van der Waals surface area contributed by atoms with E-state index in [9.17, 15) is 9.59 Å². The molecule has 0 radical (unpaired) electrons. The van der Waals surface area contributed by atoms with Gasteiger partial charge in [0.15, 0.2) is 0 Å². The van der Waals surface area contributed by atoms with Crippen molar-refractivity contribution in [3.8, 4) is 0 Å². The van der Waals surface area contributed by atoms with Crippen LogP contribution in [-0.4, -0.2) is 12.6 Å². The Morgan fingerprint density at radius 3 is 2.88 bits per heavy atom. The van der Waals surface area contributed by atoms with E-state index in [0.717, 1.165) is 0 Å². The Morgan fingerprint density at radius 2 is 2.12 bits per heavy atom. The fourth-order valence-corrected chi connectivity index (χ4v) is 1.49. The summed E-state index contributed by atoms with van der Waals surface area (Å²) in [7, 11) is 0. The second kappa shape index (κ2) is 4.18. The topological polar surface area (TPSA) is 56.5 Å². The van der Waals surface area contributed by atoms with Gasteiger partial charge >= 0.3 is 11.6 Å². The van der Waals surface area contributed by atoms with Crippen LogP contribution < -0.4 is 5.63 Å². The molecule has 0 spiro atoms. The normalized spacial score (nSPS) is 10.3. The van der Waals surface area contributed by atoms with Crippen LogP contribution in [-0.2, 0) is 4.74 Å². The zero-order valence-electron chi connectivity index (χ0n) is 8.73. The monoisotopic (exact) mass is 218 g/mol. The van der Waals surface area contributed by atoms with Gasteiger partial charge in [0.05, 0.1) is 12.2 Å². The molecule has 4 heteroatoms. The molecule has 0 fully saturated rings. The van der Waals surface area contributed by atoms with Crippen LogP contribution in [0.25, 0.3) is 11.0 Å². The van der Waals surface area contributed by atoms with Gasteiger partial charge < -0.3 is 9.15 Å². The lowest BCUT2D eigenvalue weighted by molar-refractivity contribution is 0.0528. The van der Waals surface area contributed by atoms with Crippen LogP contribution >= 0.6 is 0 Å². The maximum absolute atomic E-state index is 11.6. The lowest BCUT2D eigenvalue weighted by Crippen LogP contribution is -2.06. The van der Waals surface area contributed by atoms with Crippen molar-refractivity contribution in [3.63, 3.8) is 0 Å². The van der Waals surface area contributed by atoms with Crippen LogP contribution in [0.1, 0.15) is 17.3 Å². The quantitative estimate of drug-likeness (QED) is 0.571. The van der Waals surface area contributed by atoms with E-state index < -0.39 is 11.6 Å². The van der Waals surface area contributed by atoms with Gasteiger partial charge in [-0.25, -0.2) is 9.59 Å². The number of hydrogen-bond acceptors (Lipinski definition) is 4. The standard InChI is InChI=1S/C12H10O4/c1-2-15-12(14)9-4-3-5-10-8(9)6-7-11(13)16-10/h3-7H,2H2,1H3. The van der Waals surface area contributed by atoms with Crippen LogP contribution in [0.3, 0.4) is 0 Å². The molecule has 2 rings (SSSR count). The van der Waals surface area contributed by atoms with Crippen LogP contribution in [0, 0.1) is 0 Å². The van der Waals surface area contributed by atoms with E-state index >= 15 is 0 Å². The molecule has 1 aromatic carbocycles. The van der Waals surface area contributed by atoms with Crippen LogP contribution in [0.2, 0.25) is 0 Å². The molecule has 0 aliphatic heterocycles. The number of rotatable bonds is 2. The number of fused-ring (bicyclic) bond motifs is 1. The average Bonchev–Trinajstić information content (AvgIpc) is 2.28. The highest BCUT2D eigenvalue weighted by Gasteiger charge is 2.11. The van der Waals surface area contributed by atoms with E-state index in [1.807, 2.05) is 0 Å². The van der Waals surface area contributed by atoms with Crippen molar-refractivity contribution >= 4 is 16.9 Å². The highest BCUT2D eigenvalue weighted by Crippen LogP contribution is 2.17. The van der Waals surface area contributed by atoms with Gasteiger partial charge in [-0.3, -0.25) is 0 Å². The largest absolute Gasteiger partial charge is 0.462 e. The third-order valence-corrected chi connectivity index (χ3v) is 2.16. The second-order valence-corrected chi connectivity index (χ2v) is 3.19. The van der Waals surface area contributed by atoms with Crippen LogP contribution in [0.5, 0.6) is 0 Å². The summed E-state index contributed by atoms with van der Waals surface area (Å²) in [4.78, 5) is 22.6. The minimum atomic E-state index is -0.437. The number of carbonyl (C=O) groups excluding carboxylic acids is 1. The molecule has 0 unspecified atom stereocenters. The lowest BCUT2D eigenvalue weighted by atomic mass is 10.1. The van der Waals surface area contributed by atoms with E-state index in [-0.39, 0.29) is 0 Å². The number of esters is 1. The molecule has 2 aromatic rings. The van der Waals surface area contributed by atoms with Crippen molar-refractivity contribution < 1.29 is 13.9 Å². The number of hydrogen-bond donors (Lipinski definition) is 0. The fourth-order valence-electron chi connectivity index (χ4n) is 1.49. The molecular weight excluding hydrogens is 208 g/mol. The molecule has 4 nitrogen and oxygen atoms in total. The summed E-state index contributed by atoms with van der Waals surface area (Å²) in [5.41, 5.74) is 0.356. The Labute approximate surface area is 91.4 Å². The van der Waals surface area contributed by atoms with E-state index in [2.05, 4.69) is 0 Å². The molecule has 0 aliphatic rings. The van der Waals surface area contributed by atoms with Gasteiger partial charge in [-0.1, -0.05) is 6.07 Å². The van der Waals surface area contributed by atoms with Crippen molar-refractivity contribution in [2.75, 3.05) is 6.61 Å². The Hall–Kier alpha value is -2.10. The Morgan fingerprint density at radius 1 is 1.31 bits per heavy atom. The van der Waals surface area contributed by atoms with Gasteiger partial charge in [-0.15, -0.1) is 0 Å². The summed E-state index contributed by atoms with van der Waals surface area (Å²) < 4.78 is 9.87. The summed E-state index contributed by atoms with van der Waals surface area (Å²) in [5, 5.41) is 0.584. The average molecular weight is 218 g/mol. The first-order valence-electron chi connectivity index (χ1n) is 4.92. The molecule has 1 aromatic heterocycles. The van der Waals surface area contributed by atoms with E-state index in [1.165, 1.54) is 6.07 Å². The van der Waals surface area contributed by atoms with E-state index in [0.29, 0.717) is 23.1 Å². The summed E-state index contributed by atoms with van der Waals surface area (Å²) in [6, 6.07) is 7.77. The predicted octanol–water partition coefficient (Wildman–Crippen LogP) is 1.97. The van der Waals surface area contributed by atoms with Gasteiger partial charge in [-0.2, -0.15) is 0 Å². The summed E-state index contributed by atoms with van der Waals surface area (Å²) in [5.74, 6) is -0.415.